The summed E-state index contributed by atoms with van der Waals surface area (Å²) in [6.07, 6.45) is -4.13. The number of rotatable bonds is 4. The monoisotopic (exact) mass is 521 g/mol. The number of imidazole rings is 1. The number of halogens is 4. The van der Waals surface area contributed by atoms with Crippen molar-refractivity contribution in [2.45, 2.75) is 19.1 Å². The quantitative estimate of drug-likeness (QED) is 0.311. The third kappa shape index (κ3) is 4.25. The maximum Gasteiger partial charge on any atom is 0.416 e. The molecule has 0 saturated heterocycles. The minimum atomic E-state index is -4.47. The molecular weight excluding hydrogens is 502 g/mol. The number of para-hydroxylation sites is 2. The maximum atomic E-state index is 14.3. The van der Waals surface area contributed by atoms with E-state index in [4.69, 9.17) is 4.74 Å². The third-order valence-electron chi connectivity index (χ3n) is 6.35. The zero-order valence-corrected chi connectivity index (χ0v) is 19.7. The van der Waals surface area contributed by atoms with Crippen LogP contribution in [0.1, 0.15) is 16.8 Å². The van der Waals surface area contributed by atoms with E-state index < -0.39 is 23.1 Å². The lowest BCUT2D eigenvalue weighted by molar-refractivity contribution is -0.137. The number of nitrogens with zero attached hydrogens (tertiary/aromatic N) is 4. The average molecular weight is 521 g/mol. The Kier molecular flexibility index (Phi) is 5.63. The fraction of sp³-hybridized carbons (Fsp3) is 0.148. The summed E-state index contributed by atoms with van der Waals surface area (Å²) in [4.78, 5) is 27.5. The van der Waals surface area contributed by atoms with E-state index in [1.54, 1.807) is 41.3 Å². The van der Waals surface area contributed by atoms with E-state index in [-0.39, 0.29) is 23.8 Å². The summed E-state index contributed by atoms with van der Waals surface area (Å²) in [5.74, 6) is -0.312. The van der Waals surface area contributed by atoms with Gasteiger partial charge in [0.15, 0.2) is 11.6 Å². The molecule has 192 valence electrons. The molecule has 0 bridgehead atoms. The Hall–Kier alpha value is -4.67. The summed E-state index contributed by atoms with van der Waals surface area (Å²) < 4.78 is 60.8. The number of anilines is 1. The van der Waals surface area contributed by atoms with Crippen LogP contribution < -0.4 is 15.2 Å². The van der Waals surface area contributed by atoms with Crippen LogP contribution >= 0.6 is 0 Å². The van der Waals surface area contributed by atoms with Crippen LogP contribution in [0.4, 0.5) is 23.5 Å². The smallest absolute Gasteiger partial charge is 0.416 e. The molecule has 1 aliphatic heterocycles. The van der Waals surface area contributed by atoms with E-state index in [0.29, 0.717) is 41.4 Å². The highest BCUT2D eigenvalue weighted by atomic mass is 19.4. The SMILES string of the molecule is O=c1c2c(nc(Oc3ccccc3F)n1-c1ccccc1)CCN(c1nc3ccc(C(F)(F)F)cc3[nH]1)C2. The molecule has 0 spiro atoms. The van der Waals surface area contributed by atoms with Gasteiger partial charge in [0, 0.05) is 13.0 Å². The van der Waals surface area contributed by atoms with Crippen LogP contribution in [0.2, 0.25) is 0 Å². The highest BCUT2D eigenvalue weighted by Crippen LogP contribution is 2.32. The van der Waals surface area contributed by atoms with Crippen LogP contribution in [0.15, 0.2) is 77.6 Å². The number of H-pyrrole nitrogens is 1. The average Bonchev–Trinajstić information content (AvgIpc) is 3.34. The summed E-state index contributed by atoms with van der Waals surface area (Å²) in [6.45, 7) is 0.528. The van der Waals surface area contributed by atoms with Crippen molar-refractivity contribution in [1.82, 2.24) is 19.5 Å². The number of fused-ring (bicyclic) bond motifs is 2. The molecule has 1 aliphatic rings. The second kappa shape index (κ2) is 9.02. The molecule has 7 nitrogen and oxygen atoms in total. The van der Waals surface area contributed by atoms with Crippen LogP contribution in [-0.2, 0) is 19.1 Å². The fourth-order valence-corrected chi connectivity index (χ4v) is 4.46. The Bertz CT molecular complexity index is 1710. The van der Waals surface area contributed by atoms with Crippen molar-refractivity contribution in [2.24, 2.45) is 0 Å². The van der Waals surface area contributed by atoms with Crippen LogP contribution in [0.25, 0.3) is 16.7 Å². The second-order valence-electron chi connectivity index (χ2n) is 8.79. The predicted molar refractivity (Wildman–Crippen MR) is 132 cm³/mol. The first-order valence-corrected chi connectivity index (χ1v) is 11.7. The van der Waals surface area contributed by atoms with Gasteiger partial charge in [0.1, 0.15) is 0 Å². The van der Waals surface area contributed by atoms with Gasteiger partial charge < -0.3 is 14.6 Å². The second-order valence-corrected chi connectivity index (χ2v) is 8.79. The van der Waals surface area contributed by atoms with Gasteiger partial charge >= 0.3 is 12.2 Å². The maximum absolute atomic E-state index is 14.3. The lowest BCUT2D eigenvalue weighted by atomic mass is 10.1. The van der Waals surface area contributed by atoms with Crippen molar-refractivity contribution in [2.75, 3.05) is 11.4 Å². The predicted octanol–water partition coefficient (Wildman–Crippen LogP) is 5.62. The Morgan fingerprint density at radius 3 is 2.47 bits per heavy atom. The van der Waals surface area contributed by atoms with Crippen LogP contribution in [0.5, 0.6) is 11.8 Å². The number of aromatic nitrogens is 4. The van der Waals surface area contributed by atoms with Crippen LogP contribution in [0, 0.1) is 5.82 Å². The lowest BCUT2D eigenvalue weighted by Gasteiger charge is -2.28. The minimum absolute atomic E-state index is 0.0676. The summed E-state index contributed by atoms with van der Waals surface area (Å²) in [5.41, 5.74) is 0.827. The first kappa shape index (κ1) is 23.7. The summed E-state index contributed by atoms with van der Waals surface area (Å²) >= 11 is 0. The van der Waals surface area contributed by atoms with Crippen molar-refractivity contribution in [3.05, 3.63) is 106 Å². The van der Waals surface area contributed by atoms with Crippen molar-refractivity contribution in [3.63, 3.8) is 0 Å². The van der Waals surface area contributed by atoms with Crippen molar-refractivity contribution < 1.29 is 22.3 Å². The molecule has 0 amide bonds. The number of nitrogens with one attached hydrogen (secondary N) is 1. The minimum Gasteiger partial charge on any atom is -0.422 e. The molecule has 38 heavy (non-hydrogen) atoms. The van der Waals surface area contributed by atoms with E-state index in [1.807, 2.05) is 0 Å². The number of alkyl halides is 3. The summed E-state index contributed by atoms with van der Waals surface area (Å²) in [7, 11) is 0. The van der Waals surface area contributed by atoms with Gasteiger partial charge in [-0.2, -0.15) is 13.2 Å². The van der Waals surface area contributed by atoms with Crippen molar-refractivity contribution in [3.8, 4) is 17.4 Å². The van der Waals surface area contributed by atoms with Gasteiger partial charge in [0.2, 0.25) is 5.95 Å². The molecule has 6 rings (SSSR count). The van der Waals surface area contributed by atoms with Gasteiger partial charge in [-0.25, -0.2) is 18.9 Å². The number of benzene rings is 3. The zero-order chi connectivity index (χ0) is 26.4. The molecule has 0 atom stereocenters. The molecule has 1 N–H and O–H groups in total. The summed E-state index contributed by atoms with van der Waals surface area (Å²) in [6, 6.07) is 17.8. The number of hydrogen-bond donors (Lipinski definition) is 1. The van der Waals surface area contributed by atoms with Gasteiger partial charge in [0.25, 0.3) is 5.56 Å². The normalized spacial score (nSPS) is 13.5. The van der Waals surface area contributed by atoms with Gasteiger partial charge in [-0.15, -0.1) is 0 Å². The Balaban J connectivity index is 1.40. The number of ether oxygens (including phenoxy) is 1. The van der Waals surface area contributed by atoms with Gasteiger partial charge in [-0.3, -0.25) is 4.79 Å². The molecule has 0 aliphatic carbocycles. The Labute approximate surface area is 213 Å². The molecule has 3 heterocycles. The number of aromatic amines is 1. The molecule has 0 saturated carbocycles. The fourth-order valence-electron chi connectivity index (χ4n) is 4.46. The van der Waals surface area contributed by atoms with Gasteiger partial charge in [-0.05, 0) is 42.5 Å². The van der Waals surface area contributed by atoms with Crippen molar-refractivity contribution in [1.29, 1.82) is 0 Å². The highest BCUT2D eigenvalue weighted by molar-refractivity contribution is 5.78. The van der Waals surface area contributed by atoms with E-state index >= 15 is 0 Å². The van der Waals surface area contributed by atoms with Crippen molar-refractivity contribution >= 4 is 17.0 Å². The lowest BCUT2D eigenvalue weighted by Crippen LogP contribution is -2.38. The largest absolute Gasteiger partial charge is 0.422 e. The van der Waals surface area contributed by atoms with Crippen LogP contribution in [-0.4, -0.2) is 26.1 Å². The zero-order valence-electron chi connectivity index (χ0n) is 19.7. The topological polar surface area (TPSA) is 76.0 Å². The Morgan fingerprint density at radius 2 is 1.71 bits per heavy atom. The number of hydrogen-bond acceptors (Lipinski definition) is 5. The molecule has 0 fully saturated rings. The molecule has 0 unspecified atom stereocenters. The standard InChI is InChI=1S/C27H19F4N5O2/c28-19-8-4-5-9-23(19)38-26-34-20-12-13-35(15-18(20)24(37)36(26)17-6-2-1-3-7-17)25-32-21-11-10-16(27(29,30)31)14-22(21)33-25/h1-11,14H,12-13,15H2,(H,32,33). The van der Waals surface area contributed by atoms with Gasteiger partial charge in [-0.1, -0.05) is 30.3 Å². The molecule has 2 aromatic heterocycles. The van der Waals surface area contributed by atoms with E-state index in [2.05, 4.69) is 15.0 Å². The first-order chi connectivity index (χ1) is 18.3. The molecular formula is C27H19F4N5O2. The van der Waals surface area contributed by atoms with E-state index in [9.17, 15) is 22.4 Å². The molecule has 3 aromatic carbocycles. The van der Waals surface area contributed by atoms with E-state index in [1.165, 1.54) is 28.8 Å². The molecule has 11 heteroatoms. The van der Waals surface area contributed by atoms with Crippen LogP contribution in [0.3, 0.4) is 0 Å². The first-order valence-electron chi connectivity index (χ1n) is 11.7. The third-order valence-corrected chi connectivity index (χ3v) is 6.35. The Morgan fingerprint density at radius 1 is 0.947 bits per heavy atom. The summed E-state index contributed by atoms with van der Waals surface area (Å²) in [5, 5.41) is 0. The molecule has 0 radical (unpaired) electrons. The van der Waals surface area contributed by atoms with E-state index in [0.717, 1.165) is 12.1 Å². The highest BCUT2D eigenvalue weighted by Gasteiger charge is 2.31. The molecule has 5 aromatic rings. The van der Waals surface area contributed by atoms with Gasteiger partial charge in [0.05, 0.1) is 40.1 Å².